The zero-order valence-corrected chi connectivity index (χ0v) is 18.6. The van der Waals surface area contributed by atoms with E-state index in [2.05, 4.69) is 20.7 Å². The molecule has 14 nitrogen and oxygen atoms in total. The van der Waals surface area contributed by atoms with Crippen LogP contribution in [0.4, 0.5) is 17.1 Å². The standard InChI is InChI=1S/C21H25N3O11/c1-8(15-17(30)16(9(2)27)21(34)35-20(15)33)22-10-3-11(23-18(31)13(28)6-25)5-12(4-10)24-19(32)14(29)7-26/h3-5,8,13-15,22,25-26,28-30H,6-7H2,1-2H3,(H,23,31)(H,24,32)/t8?,13-,14-,15?/m0/s1. The highest BCUT2D eigenvalue weighted by Gasteiger charge is 2.42. The first-order chi connectivity index (χ1) is 16.4. The smallest absolute Gasteiger partial charge is 0.352 e. The number of benzene rings is 1. The van der Waals surface area contributed by atoms with Crippen LogP contribution in [0.3, 0.4) is 0 Å². The van der Waals surface area contributed by atoms with Crippen molar-refractivity contribution in [3.63, 3.8) is 0 Å². The summed E-state index contributed by atoms with van der Waals surface area (Å²) in [5.74, 6) is -7.41. The fraction of sp³-hybridized carbons (Fsp3) is 0.381. The van der Waals surface area contributed by atoms with E-state index in [-0.39, 0.29) is 17.1 Å². The van der Waals surface area contributed by atoms with Crippen molar-refractivity contribution in [1.29, 1.82) is 0 Å². The minimum atomic E-state index is -1.75. The van der Waals surface area contributed by atoms with Crippen molar-refractivity contribution in [1.82, 2.24) is 0 Å². The molecule has 0 fully saturated rings. The maximum Gasteiger partial charge on any atom is 0.352 e. The first kappa shape index (κ1) is 27.4. The van der Waals surface area contributed by atoms with E-state index < -0.39 is 78.2 Å². The van der Waals surface area contributed by atoms with Crippen LogP contribution in [0.2, 0.25) is 0 Å². The highest BCUT2D eigenvalue weighted by atomic mass is 16.6. The number of esters is 2. The third-order valence-corrected chi connectivity index (χ3v) is 4.87. The molecular weight excluding hydrogens is 470 g/mol. The van der Waals surface area contributed by atoms with E-state index in [1.54, 1.807) is 0 Å². The van der Waals surface area contributed by atoms with Gasteiger partial charge in [-0.2, -0.15) is 0 Å². The minimum Gasteiger partial charge on any atom is -0.510 e. The number of nitrogens with one attached hydrogen (secondary N) is 3. The third kappa shape index (κ3) is 6.60. The van der Waals surface area contributed by atoms with Gasteiger partial charge < -0.3 is 46.2 Å². The number of hydrogen-bond acceptors (Lipinski definition) is 12. The molecule has 4 atom stereocenters. The fourth-order valence-electron chi connectivity index (χ4n) is 3.16. The second-order valence-corrected chi connectivity index (χ2v) is 7.61. The maximum absolute atomic E-state index is 12.3. The number of rotatable bonds is 10. The Bertz CT molecular complexity index is 1030. The molecule has 1 heterocycles. The van der Waals surface area contributed by atoms with Gasteiger partial charge in [-0.3, -0.25) is 19.2 Å². The summed E-state index contributed by atoms with van der Waals surface area (Å²) in [7, 11) is 0. The van der Waals surface area contributed by atoms with Crippen molar-refractivity contribution in [3.05, 3.63) is 29.5 Å². The van der Waals surface area contributed by atoms with E-state index in [0.29, 0.717) is 0 Å². The van der Waals surface area contributed by atoms with Crippen molar-refractivity contribution in [3.8, 4) is 0 Å². The van der Waals surface area contributed by atoms with E-state index in [9.17, 15) is 39.3 Å². The van der Waals surface area contributed by atoms with Crippen LogP contribution in [-0.2, 0) is 28.7 Å². The van der Waals surface area contributed by atoms with Crippen molar-refractivity contribution in [2.75, 3.05) is 29.2 Å². The molecule has 2 rings (SSSR count). The monoisotopic (exact) mass is 495 g/mol. The number of cyclic esters (lactones) is 2. The van der Waals surface area contributed by atoms with Gasteiger partial charge in [-0.1, -0.05) is 0 Å². The molecule has 0 saturated heterocycles. The Morgan fingerprint density at radius 1 is 0.943 bits per heavy atom. The lowest BCUT2D eigenvalue weighted by molar-refractivity contribution is -0.162. The quantitative estimate of drug-likeness (QED) is 0.102. The van der Waals surface area contributed by atoms with Gasteiger partial charge in [-0.15, -0.1) is 0 Å². The normalized spacial score (nSPS) is 18.3. The van der Waals surface area contributed by atoms with Gasteiger partial charge in [-0.25, -0.2) is 4.79 Å². The molecule has 0 aliphatic carbocycles. The Kier molecular flexibility index (Phi) is 9.02. The fourth-order valence-corrected chi connectivity index (χ4v) is 3.16. The van der Waals surface area contributed by atoms with Gasteiger partial charge in [-0.05, 0) is 32.0 Å². The number of Topliss-reactive ketones (excluding diaryl/α,β-unsaturated/α-hetero) is 1. The van der Waals surface area contributed by atoms with Crippen LogP contribution in [0.5, 0.6) is 0 Å². The average Bonchev–Trinajstić information content (AvgIpc) is 2.76. The van der Waals surface area contributed by atoms with Crippen LogP contribution in [-0.4, -0.2) is 86.5 Å². The van der Waals surface area contributed by atoms with E-state index in [4.69, 9.17) is 10.2 Å². The molecule has 2 unspecified atom stereocenters. The van der Waals surface area contributed by atoms with Crippen LogP contribution in [0.1, 0.15) is 13.8 Å². The van der Waals surface area contributed by atoms with Crippen molar-refractivity contribution >= 4 is 46.6 Å². The Hall–Kier alpha value is -3.85. The number of aliphatic hydroxyl groups excluding tert-OH is 5. The number of aliphatic hydroxyl groups is 5. The number of anilines is 3. The Morgan fingerprint density at radius 3 is 1.83 bits per heavy atom. The highest BCUT2D eigenvalue weighted by molar-refractivity contribution is 6.20. The second kappa shape index (κ2) is 11.5. The van der Waals surface area contributed by atoms with Crippen LogP contribution in [0.15, 0.2) is 29.5 Å². The summed E-state index contributed by atoms with van der Waals surface area (Å²) in [6.45, 7) is 0.712. The molecular formula is C21H25N3O11. The summed E-state index contributed by atoms with van der Waals surface area (Å²) in [5.41, 5.74) is -0.546. The SMILES string of the molecule is CC(=O)C1=C(O)C(C(C)Nc2cc(NC(=O)[C@@H](O)CO)cc(NC(=O)[C@@H](O)CO)c2)C(=O)OC1=O. The molecule has 1 aliphatic rings. The Balaban J connectivity index is 2.40. The number of ether oxygens (including phenoxy) is 1. The lowest BCUT2D eigenvalue weighted by atomic mass is 9.92. The molecule has 0 radical (unpaired) electrons. The van der Waals surface area contributed by atoms with E-state index >= 15 is 0 Å². The summed E-state index contributed by atoms with van der Waals surface area (Å²) in [4.78, 5) is 59.7. The molecule has 8 N–H and O–H groups in total. The number of carbonyl (C=O) groups excluding carboxylic acids is 5. The summed E-state index contributed by atoms with van der Waals surface area (Å²) in [6.07, 6.45) is -3.50. The van der Waals surface area contributed by atoms with Crippen molar-refractivity contribution in [2.45, 2.75) is 32.1 Å². The van der Waals surface area contributed by atoms with E-state index in [1.165, 1.54) is 25.1 Å². The molecule has 0 aromatic heterocycles. The lowest BCUT2D eigenvalue weighted by Gasteiger charge is -2.27. The Morgan fingerprint density at radius 2 is 1.40 bits per heavy atom. The van der Waals surface area contributed by atoms with E-state index in [0.717, 1.165) is 6.92 Å². The maximum atomic E-state index is 12.3. The van der Waals surface area contributed by atoms with Gasteiger partial charge in [0.2, 0.25) is 0 Å². The number of carbonyl (C=O) groups is 5. The molecule has 0 spiro atoms. The highest BCUT2D eigenvalue weighted by Crippen LogP contribution is 2.29. The van der Waals surface area contributed by atoms with Gasteiger partial charge >= 0.3 is 11.9 Å². The zero-order valence-electron chi connectivity index (χ0n) is 18.6. The molecule has 1 aromatic rings. The van der Waals surface area contributed by atoms with Crippen LogP contribution >= 0.6 is 0 Å². The van der Waals surface area contributed by atoms with Gasteiger partial charge in [0.1, 0.15) is 17.3 Å². The third-order valence-electron chi connectivity index (χ3n) is 4.87. The van der Waals surface area contributed by atoms with Gasteiger partial charge in [0.25, 0.3) is 11.8 Å². The van der Waals surface area contributed by atoms with Crippen molar-refractivity contribution < 1.29 is 54.2 Å². The predicted octanol–water partition coefficient (Wildman–Crippen LogP) is -1.83. The van der Waals surface area contributed by atoms with Crippen molar-refractivity contribution in [2.24, 2.45) is 5.92 Å². The van der Waals surface area contributed by atoms with Gasteiger partial charge in [0.15, 0.2) is 18.0 Å². The molecule has 35 heavy (non-hydrogen) atoms. The molecule has 0 bridgehead atoms. The topological polar surface area (TPSA) is 232 Å². The largest absolute Gasteiger partial charge is 0.510 e. The predicted molar refractivity (Wildman–Crippen MR) is 118 cm³/mol. The number of amides is 2. The molecule has 1 aromatic carbocycles. The molecule has 2 amide bonds. The summed E-state index contributed by atoms with van der Waals surface area (Å²) < 4.78 is 4.56. The molecule has 14 heteroatoms. The average molecular weight is 495 g/mol. The second-order valence-electron chi connectivity index (χ2n) is 7.61. The lowest BCUT2D eigenvalue weighted by Crippen LogP contribution is -2.41. The number of ketones is 1. The Labute approximate surface area is 198 Å². The van der Waals surface area contributed by atoms with Crippen LogP contribution in [0.25, 0.3) is 0 Å². The number of hydrogen-bond donors (Lipinski definition) is 8. The van der Waals surface area contributed by atoms with Crippen LogP contribution in [0, 0.1) is 5.92 Å². The summed E-state index contributed by atoms with van der Waals surface area (Å²) >= 11 is 0. The molecule has 190 valence electrons. The summed E-state index contributed by atoms with van der Waals surface area (Å²) in [5, 5.41) is 54.7. The van der Waals surface area contributed by atoms with Crippen LogP contribution < -0.4 is 16.0 Å². The first-order valence-corrected chi connectivity index (χ1v) is 10.2. The van der Waals surface area contributed by atoms with Gasteiger partial charge in [0.05, 0.1) is 13.2 Å². The molecule has 0 saturated carbocycles. The zero-order chi connectivity index (χ0) is 26.4. The first-order valence-electron chi connectivity index (χ1n) is 10.2. The van der Waals surface area contributed by atoms with E-state index in [1.807, 2.05) is 0 Å². The van der Waals surface area contributed by atoms with Gasteiger partial charge in [0, 0.05) is 23.1 Å². The molecule has 1 aliphatic heterocycles. The summed E-state index contributed by atoms with van der Waals surface area (Å²) in [6, 6.07) is 2.86. The minimum absolute atomic E-state index is 0.000856.